The van der Waals surface area contributed by atoms with E-state index in [-0.39, 0.29) is 0 Å². The molecule has 2 aromatic carbocycles. The molecule has 0 aliphatic carbocycles. The topological polar surface area (TPSA) is 26.0 Å². The van der Waals surface area contributed by atoms with Crippen LogP contribution in [0.1, 0.15) is 5.56 Å². The molecule has 22 heavy (non-hydrogen) atoms. The van der Waals surface area contributed by atoms with E-state index in [1.807, 2.05) is 48.5 Å². The van der Waals surface area contributed by atoms with Crippen molar-refractivity contribution < 1.29 is 4.42 Å². The molecule has 0 saturated carbocycles. The van der Waals surface area contributed by atoms with Gasteiger partial charge in [0.15, 0.2) is 5.58 Å². The highest BCUT2D eigenvalue weighted by atomic mass is 16.3. The maximum absolute atomic E-state index is 6.01. The van der Waals surface area contributed by atoms with E-state index >= 15 is 0 Å². The van der Waals surface area contributed by atoms with Crippen LogP contribution < -0.4 is 0 Å². The van der Waals surface area contributed by atoms with Gasteiger partial charge in [-0.3, -0.25) is 0 Å². The van der Waals surface area contributed by atoms with Gasteiger partial charge in [0.25, 0.3) is 0 Å². The second kappa shape index (κ2) is 5.15. The summed E-state index contributed by atoms with van der Waals surface area (Å²) in [4.78, 5) is 4.80. The molecule has 2 heteroatoms. The van der Waals surface area contributed by atoms with E-state index in [2.05, 4.69) is 31.2 Å². The molecule has 0 radical (unpaired) electrons. The van der Waals surface area contributed by atoms with Crippen LogP contribution in [0.3, 0.4) is 0 Å². The zero-order valence-corrected chi connectivity index (χ0v) is 12.3. The van der Waals surface area contributed by atoms with Crippen molar-refractivity contribution >= 4 is 11.1 Å². The first-order chi connectivity index (χ1) is 10.8. The van der Waals surface area contributed by atoms with Crippen molar-refractivity contribution in [3.63, 3.8) is 0 Å². The van der Waals surface area contributed by atoms with Crippen LogP contribution in [0.25, 0.3) is 33.7 Å². The number of aromatic nitrogens is 1. The Labute approximate surface area is 129 Å². The van der Waals surface area contributed by atoms with Gasteiger partial charge in [-0.05, 0) is 19.1 Å². The molecule has 0 saturated heterocycles. The first kappa shape index (κ1) is 12.8. The molecule has 2 aromatic heterocycles. The highest BCUT2D eigenvalue weighted by Crippen LogP contribution is 2.33. The number of fused-ring (bicyclic) bond motifs is 1. The molecule has 0 atom stereocenters. The summed E-state index contributed by atoms with van der Waals surface area (Å²) in [5.41, 5.74) is 6.01. The van der Waals surface area contributed by atoms with Crippen LogP contribution >= 0.6 is 0 Å². The van der Waals surface area contributed by atoms with Crippen LogP contribution in [0.4, 0.5) is 0 Å². The molecule has 106 valence electrons. The van der Waals surface area contributed by atoms with Gasteiger partial charge >= 0.3 is 0 Å². The molecule has 0 amide bonds. The minimum atomic E-state index is 0.830. The molecule has 0 N–H and O–H groups in total. The predicted octanol–water partition coefficient (Wildman–Crippen LogP) is 5.47. The number of furan rings is 1. The molecule has 0 unspecified atom stereocenters. The fraction of sp³-hybridized carbons (Fsp3) is 0.0500. The molecule has 4 rings (SSSR count). The van der Waals surface area contributed by atoms with E-state index in [4.69, 9.17) is 9.40 Å². The third-order valence-corrected chi connectivity index (χ3v) is 3.87. The molecule has 0 aliphatic rings. The van der Waals surface area contributed by atoms with Crippen LogP contribution in [-0.4, -0.2) is 4.98 Å². The highest BCUT2D eigenvalue weighted by molar-refractivity contribution is 5.86. The van der Waals surface area contributed by atoms with Gasteiger partial charge in [0, 0.05) is 16.7 Å². The summed E-state index contributed by atoms with van der Waals surface area (Å²) in [6, 6.07) is 24.4. The Morgan fingerprint density at radius 1 is 0.727 bits per heavy atom. The van der Waals surface area contributed by atoms with Crippen LogP contribution in [0, 0.1) is 6.92 Å². The number of pyridine rings is 1. The van der Waals surface area contributed by atoms with Crippen molar-refractivity contribution in [2.45, 2.75) is 6.92 Å². The molecular weight excluding hydrogens is 270 g/mol. The summed E-state index contributed by atoms with van der Waals surface area (Å²) >= 11 is 0. The van der Waals surface area contributed by atoms with Gasteiger partial charge in [0.05, 0.1) is 5.69 Å². The summed E-state index contributed by atoms with van der Waals surface area (Å²) in [5.74, 6) is 0.897. The Hall–Kier alpha value is -2.87. The van der Waals surface area contributed by atoms with Crippen LogP contribution in [0.15, 0.2) is 77.2 Å². The SMILES string of the molecule is Cc1c(-c2ccccc2)oc2ccc(-c3ccccc3)nc12. The van der Waals surface area contributed by atoms with Crippen molar-refractivity contribution in [1.29, 1.82) is 0 Å². The summed E-state index contributed by atoms with van der Waals surface area (Å²) in [5, 5.41) is 0. The zero-order chi connectivity index (χ0) is 14.9. The minimum absolute atomic E-state index is 0.830. The molecule has 0 spiro atoms. The minimum Gasteiger partial charge on any atom is -0.454 e. The highest BCUT2D eigenvalue weighted by Gasteiger charge is 2.14. The molecule has 2 nitrogen and oxygen atoms in total. The Balaban J connectivity index is 1.89. The molecular formula is C20H15NO. The van der Waals surface area contributed by atoms with Gasteiger partial charge < -0.3 is 4.42 Å². The number of nitrogens with zero attached hydrogens (tertiary/aromatic N) is 1. The molecule has 0 fully saturated rings. The monoisotopic (exact) mass is 285 g/mol. The number of rotatable bonds is 2. The van der Waals surface area contributed by atoms with Crippen molar-refractivity contribution in [2.75, 3.05) is 0 Å². The number of hydrogen-bond donors (Lipinski definition) is 0. The van der Waals surface area contributed by atoms with E-state index in [9.17, 15) is 0 Å². The molecule has 4 aromatic rings. The number of aryl methyl sites for hydroxylation is 1. The average molecular weight is 285 g/mol. The van der Waals surface area contributed by atoms with Crippen LogP contribution in [-0.2, 0) is 0 Å². The van der Waals surface area contributed by atoms with Crippen LogP contribution in [0.5, 0.6) is 0 Å². The number of benzene rings is 2. The Bertz CT molecular complexity index is 924. The summed E-state index contributed by atoms with van der Waals surface area (Å²) in [6.45, 7) is 2.07. The van der Waals surface area contributed by atoms with E-state index in [1.165, 1.54) is 0 Å². The van der Waals surface area contributed by atoms with Crippen molar-refractivity contribution in [3.05, 3.63) is 78.4 Å². The van der Waals surface area contributed by atoms with Gasteiger partial charge in [-0.25, -0.2) is 4.98 Å². The van der Waals surface area contributed by atoms with Gasteiger partial charge in [-0.15, -0.1) is 0 Å². The van der Waals surface area contributed by atoms with Gasteiger partial charge in [-0.2, -0.15) is 0 Å². The Kier molecular flexibility index (Phi) is 3.01. The Morgan fingerprint density at radius 3 is 2.05 bits per heavy atom. The fourth-order valence-corrected chi connectivity index (χ4v) is 2.73. The second-order valence-electron chi connectivity index (χ2n) is 5.33. The first-order valence-corrected chi connectivity index (χ1v) is 7.34. The van der Waals surface area contributed by atoms with E-state index in [1.54, 1.807) is 0 Å². The van der Waals surface area contributed by atoms with Gasteiger partial charge in [-0.1, -0.05) is 60.7 Å². The van der Waals surface area contributed by atoms with Crippen molar-refractivity contribution in [3.8, 4) is 22.6 Å². The maximum Gasteiger partial charge on any atom is 0.153 e. The normalized spacial score (nSPS) is 11.0. The van der Waals surface area contributed by atoms with E-state index < -0.39 is 0 Å². The summed E-state index contributed by atoms with van der Waals surface area (Å²) in [7, 11) is 0. The summed E-state index contributed by atoms with van der Waals surface area (Å²) < 4.78 is 6.01. The largest absolute Gasteiger partial charge is 0.454 e. The molecule has 0 aliphatic heterocycles. The Morgan fingerprint density at radius 2 is 1.36 bits per heavy atom. The van der Waals surface area contributed by atoms with E-state index in [0.717, 1.165) is 39.2 Å². The van der Waals surface area contributed by atoms with Gasteiger partial charge in [0.1, 0.15) is 11.3 Å². The average Bonchev–Trinajstić information content (AvgIpc) is 2.93. The van der Waals surface area contributed by atoms with Crippen molar-refractivity contribution in [2.24, 2.45) is 0 Å². The lowest BCUT2D eigenvalue weighted by molar-refractivity contribution is 0.629. The smallest absolute Gasteiger partial charge is 0.153 e. The maximum atomic E-state index is 6.01. The van der Waals surface area contributed by atoms with Crippen LogP contribution in [0.2, 0.25) is 0 Å². The number of hydrogen-bond acceptors (Lipinski definition) is 2. The molecule has 2 heterocycles. The third-order valence-electron chi connectivity index (χ3n) is 3.87. The van der Waals surface area contributed by atoms with Gasteiger partial charge in [0.2, 0.25) is 0 Å². The fourth-order valence-electron chi connectivity index (χ4n) is 2.73. The quantitative estimate of drug-likeness (QED) is 0.488. The summed E-state index contributed by atoms with van der Waals surface area (Å²) in [6.07, 6.45) is 0. The third kappa shape index (κ3) is 2.09. The van der Waals surface area contributed by atoms with E-state index in [0.29, 0.717) is 0 Å². The standard InChI is InChI=1S/C20H15NO/c1-14-19-18(22-20(14)16-10-6-3-7-11-16)13-12-17(21-19)15-8-4-2-5-9-15/h2-13H,1H3. The van der Waals surface area contributed by atoms with Crippen molar-refractivity contribution in [1.82, 2.24) is 4.98 Å². The molecule has 0 bridgehead atoms. The first-order valence-electron chi connectivity index (χ1n) is 7.34. The predicted molar refractivity (Wildman–Crippen MR) is 89.6 cm³/mol. The lowest BCUT2D eigenvalue weighted by Gasteiger charge is -2.00. The zero-order valence-electron chi connectivity index (χ0n) is 12.3. The lowest BCUT2D eigenvalue weighted by atomic mass is 10.1. The second-order valence-corrected chi connectivity index (χ2v) is 5.33. The lowest BCUT2D eigenvalue weighted by Crippen LogP contribution is -1.84.